The first-order valence-corrected chi connectivity index (χ1v) is 12.1. The number of methoxy groups -OCH3 is 1. The number of halogens is 2. The molecule has 5 rings (SSSR count). The van der Waals surface area contributed by atoms with Crippen LogP contribution in [0.4, 0.5) is 20.4 Å². The monoisotopic (exact) mass is 486 g/mol. The van der Waals surface area contributed by atoms with Crippen LogP contribution in [0.25, 0.3) is 11.3 Å². The lowest BCUT2D eigenvalue weighted by molar-refractivity contribution is 0.199. The molecule has 0 aliphatic heterocycles. The molecule has 0 saturated carbocycles. The molecular formula is C29H28F2N4O. The molecule has 1 heterocycles. The minimum Gasteiger partial charge on any atom is -0.383 e. The molecule has 0 radical (unpaired) electrons. The molecule has 0 bridgehead atoms. The zero-order valence-corrected chi connectivity index (χ0v) is 20.1. The summed E-state index contributed by atoms with van der Waals surface area (Å²) in [6.07, 6.45) is 3.38. The molecule has 36 heavy (non-hydrogen) atoms. The highest BCUT2D eigenvalue weighted by molar-refractivity contribution is 5.73. The Morgan fingerprint density at radius 2 is 1.81 bits per heavy atom. The van der Waals surface area contributed by atoms with Crippen LogP contribution < -0.4 is 10.6 Å². The summed E-state index contributed by atoms with van der Waals surface area (Å²) in [5, 5.41) is 6.66. The Morgan fingerprint density at radius 1 is 0.972 bits per heavy atom. The number of hydrogen-bond donors (Lipinski definition) is 2. The van der Waals surface area contributed by atoms with Gasteiger partial charge in [-0.25, -0.2) is 18.7 Å². The van der Waals surface area contributed by atoms with Gasteiger partial charge in [-0.2, -0.15) is 0 Å². The van der Waals surface area contributed by atoms with Gasteiger partial charge in [0.25, 0.3) is 0 Å². The Kier molecular flexibility index (Phi) is 7.30. The van der Waals surface area contributed by atoms with Gasteiger partial charge in [0, 0.05) is 37.0 Å². The minimum atomic E-state index is -0.839. The molecular weight excluding hydrogens is 458 g/mol. The highest BCUT2D eigenvalue weighted by atomic mass is 19.2. The number of nitrogens with zero attached hydrogens (tertiary/aromatic N) is 2. The van der Waals surface area contributed by atoms with Gasteiger partial charge in [-0.3, -0.25) is 0 Å². The molecule has 0 spiro atoms. The van der Waals surface area contributed by atoms with Crippen LogP contribution in [0.2, 0.25) is 0 Å². The average Bonchev–Trinajstić information content (AvgIpc) is 2.91. The van der Waals surface area contributed by atoms with E-state index in [1.54, 1.807) is 13.2 Å². The summed E-state index contributed by atoms with van der Waals surface area (Å²) in [5.41, 5.74) is 6.76. The van der Waals surface area contributed by atoms with E-state index in [0.29, 0.717) is 19.0 Å². The third-order valence-electron chi connectivity index (χ3n) is 6.51. The van der Waals surface area contributed by atoms with Crippen molar-refractivity contribution in [1.82, 2.24) is 15.3 Å². The maximum Gasteiger partial charge on any atom is 0.227 e. The molecule has 1 aliphatic rings. The van der Waals surface area contributed by atoms with Gasteiger partial charge >= 0.3 is 0 Å². The van der Waals surface area contributed by atoms with Crippen LogP contribution in [0.1, 0.15) is 28.2 Å². The highest BCUT2D eigenvalue weighted by Crippen LogP contribution is 2.42. The molecule has 1 aliphatic carbocycles. The minimum absolute atomic E-state index is 0.0947. The second-order valence-corrected chi connectivity index (χ2v) is 8.90. The zero-order valence-electron chi connectivity index (χ0n) is 20.1. The Morgan fingerprint density at radius 3 is 2.61 bits per heavy atom. The standard InChI is InChI=1S/C29H28F2N4O/c1-36-15-14-32-13-12-19-6-9-22(10-7-19)34-29-33-18-21-16-25(20-8-11-26(30)27(31)17-20)23-4-2-3-5-24(23)28(21)35-29/h2-11,17-18,25,32H,12-16H2,1H3,(H,33,34,35). The van der Waals surface area contributed by atoms with Gasteiger partial charge in [0.05, 0.1) is 12.3 Å². The van der Waals surface area contributed by atoms with E-state index in [1.165, 1.54) is 17.7 Å². The van der Waals surface area contributed by atoms with E-state index in [2.05, 4.69) is 27.8 Å². The third kappa shape index (κ3) is 5.27. The van der Waals surface area contributed by atoms with E-state index < -0.39 is 11.6 Å². The summed E-state index contributed by atoms with van der Waals surface area (Å²) in [6.45, 7) is 2.45. The molecule has 0 amide bonds. The lowest BCUT2D eigenvalue weighted by Crippen LogP contribution is -2.21. The predicted molar refractivity (Wildman–Crippen MR) is 138 cm³/mol. The van der Waals surface area contributed by atoms with Crippen molar-refractivity contribution >= 4 is 11.6 Å². The second-order valence-electron chi connectivity index (χ2n) is 8.90. The van der Waals surface area contributed by atoms with Gasteiger partial charge < -0.3 is 15.4 Å². The number of hydrogen-bond acceptors (Lipinski definition) is 5. The number of anilines is 2. The van der Waals surface area contributed by atoms with E-state index in [0.717, 1.165) is 53.1 Å². The molecule has 0 fully saturated rings. The zero-order chi connectivity index (χ0) is 24.9. The quantitative estimate of drug-likeness (QED) is 0.300. The fourth-order valence-electron chi connectivity index (χ4n) is 4.64. The van der Waals surface area contributed by atoms with Crippen LogP contribution in [-0.4, -0.2) is 36.8 Å². The van der Waals surface area contributed by atoms with Gasteiger partial charge in [-0.05, 0) is 65.9 Å². The van der Waals surface area contributed by atoms with E-state index in [1.807, 2.05) is 42.6 Å². The van der Waals surface area contributed by atoms with Crippen molar-refractivity contribution in [2.75, 3.05) is 32.1 Å². The van der Waals surface area contributed by atoms with Crippen LogP contribution in [-0.2, 0) is 17.6 Å². The average molecular weight is 487 g/mol. The third-order valence-corrected chi connectivity index (χ3v) is 6.51. The highest BCUT2D eigenvalue weighted by Gasteiger charge is 2.28. The van der Waals surface area contributed by atoms with Crippen LogP contribution in [0.15, 0.2) is 72.9 Å². The van der Waals surface area contributed by atoms with Gasteiger partial charge in [0.15, 0.2) is 11.6 Å². The van der Waals surface area contributed by atoms with Crippen molar-refractivity contribution in [3.8, 4) is 11.3 Å². The van der Waals surface area contributed by atoms with Gasteiger partial charge in [-0.15, -0.1) is 0 Å². The smallest absolute Gasteiger partial charge is 0.227 e. The van der Waals surface area contributed by atoms with Crippen LogP contribution in [0.5, 0.6) is 0 Å². The van der Waals surface area contributed by atoms with Crippen LogP contribution in [0.3, 0.4) is 0 Å². The Bertz CT molecular complexity index is 1340. The molecule has 1 unspecified atom stereocenters. The summed E-state index contributed by atoms with van der Waals surface area (Å²) >= 11 is 0. The van der Waals surface area contributed by atoms with Crippen molar-refractivity contribution in [3.05, 3.63) is 107 Å². The lowest BCUT2D eigenvalue weighted by atomic mass is 9.78. The van der Waals surface area contributed by atoms with E-state index in [4.69, 9.17) is 9.72 Å². The van der Waals surface area contributed by atoms with E-state index in [-0.39, 0.29) is 5.92 Å². The molecule has 7 heteroatoms. The Labute approximate surface area is 209 Å². The van der Waals surface area contributed by atoms with Crippen molar-refractivity contribution in [1.29, 1.82) is 0 Å². The van der Waals surface area contributed by atoms with Crippen LogP contribution in [0, 0.1) is 11.6 Å². The molecule has 2 N–H and O–H groups in total. The van der Waals surface area contributed by atoms with Crippen LogP contribution >= 0.6 is 0 Å². The summed E-state index contributed by atoms with van der Waals surface area (Å²) in [5.74, 6) is -1.25. The maximum absolute atomic E-state index is 14.0. The first-order chi connectivity index (χ1) is 17.6. The number of benzene rings is 3. The number of aromatic nitrogens is 2. The van der Waals surface area contributed by atoms with Crippen molar-refractivity contribution in [3.63, 3.8) is 0 Å². The Balaban J connectivity index is 1.33. The number of nitrogens with one attached hydrogen (secondary N) is 2. The normalized spacial score (nSPS) is 14.2. The maximum atomic E-state index is 14.0. The lowest BCUT2D eigenvalue weighted by Gasteiger charge is -2.27. The van der Waals surface area contributed by atoms with Crippen molar-refractivity contribution in [2.24, 2.45) is 0 Å². The number of ether oxygens (including phenoxy) is 1. The molecule has 4 aromatic rings. The van der Waals surface area contributed by atoms with Gasteiger partial charge in [-0.1, -0.05) is 42.5 Å². The van der Waals surface area contributed by atoms with Crippen molar-refractivity contribution < 1.29 is 13.5 Å². The molecule has 5 nitrogen and oxygen atoms in total. The first kappa shape index (κ1) is 24.0. The molecule has 1 atom stereocenters. The number of fused-ring (bicyclic) bond motifs is 3. The van der Waals surface area contributed by atoms with E-state index in [9.17, 15) is 8.78 Å². The molecule has 3 aromatic carbocycles. The van der Waals surface area contributed by atoms with Crippen molar-refractivity contribution in [2.45, 2.75) is 18.8 Å². The van der Waals surface area contributed by atoms with Gasteiger partial charge in [0.1, 0.15) is 0 Å². The second kappa shape index (κ2) is 10.9. The van der Waals surface area contributed by atoms with Gasteiger partial charge in [0.2, 0.25) is 5.95 Å². The molecule has 1 aromatic heterocycles. The SMILES string of the molecule is COCCNCCc1ccc(Nc2ncc3c(n2)-c2ccccc2C(c2ccc(F)c(F)c2)C3)cc1. The number of rotatable bonds is 9. The summed E-state index contributed by atoms with van der Waals surface area (Å²) in [7, 11) is 1.70. The first-order valence-electron chi connectivity index (χ1n) is 12.1. The fourth-order valence-corrected chi connectivity index (χ4v) is 4.64. The fraction of sp³-hybridized carbons (Fsp3) is 0.241. The summed E-state index contributed by atoms with van der Waals surface area (Å²) in [6, 6.07) is 20.4. The molecule has 184 valence electrons. The Hall–Kier alpha value is -3.68. The largest absolute Gasteiger partial charge is 0.383 e. The summed E-state index contributed by atoms with van der Waals surface area (Å²) in [4.78, 5) is 9.37. The molecule has 0 saturated heterocycles. The predicted octanol–water partition coefficient (Wildman–Crippen LogP) is 5.63. The summed E-state index contributed by atoms with van der Waals surface area (Å²) < 4.78 is 32.6. The topological polar surface area (TPSA) is 59.1 Å². The van der Waals surface area contributed by atoms with E-state index >= 15 is 0 Å².